The maximum absolute atomic E-state index is 14.1. The number of nitrogens with zero attached hydrogens (tertiary/aromatic N) is 3. The summed E-state index contributed by atoms with van der Waals surface area (Å²) < 4.78 is 14.1. The molecule has 2 heterocycles. The number of piperidine rings is 1. The van der Waals surface area contributed by atoms with Crippen molar-refractivity contribution < 1.29 is 14.0 Å². The number of hydrogen-bond acceptors (Lipinski definition) is 4. The largest absolute Gasteiger partial charge is 0.336 e. The van der Waals surface area contributed by atoms with Gasteiger partial charge in [-0.25, -0.2) is 9.37 Å². The minimum atomic E-state index is -0.491. The lowest BCUT2D eigenvalue weighted by molar-refractivity contribution is -0.129. The number of carbonyl (C=O) groups excluding carboxylic acids is 2. The second-order valence-corrected chi connectivity index (χ2v) is 7.41. The summed E-state index contributed by atoms with van der Waals surface area (Å²) >= 11 is 1.23. The Morgan fingerprint density at radius 2 is 2.11 bits per heavy atom. The standard InChI is InChI=1S/C20H22FN3O2S/c1-14-7-5-6-12-23(14)19(26)11-10-16-13-27-20(22-16)24(15(2)25)18-9-4-3-8-17(18)21/h3-4,8-11,13-14H,5-7,12H2,1-2H3/b11-10+. The van der Waals surface area contributed by atoms with E-state index in [4.69, 9.17) is 0 Å². The highest BCUT2D eigenvalue weighted by molar-refractivity contribution is 7.14. The van der Waals surface area contributed by atoms with E-state index in [0.29, 0.717) is 10.8 Å². The van der Waals surface area contributed by atoms with Crippen LogP contribution < -0.4 is 4.90 Å². The summed E-state index contributed by atoms with van der Waals surface area (Å²) in [6.45, 7) is 4.20. The van der Waals surface area contributed by atoms with Gasteiger partial charge in [0.05, 0.1) is 11.4 Å². The molecule has 1 unspecified atom stereocenters. The van der Waals surface area contributed by atoms with Gasteiger partial charge >= 0.3 is 0 Å². The minimum absolute atomic E-state index is 0.0331. The molecule has 1 aliphatic rings. The van der Waals surface area contributed by atoms with Crippen LogP contribution in [-0.4, -0.2) is 34.3 Å². The van der Waals surface area contributed by atoms with Crippen LogP contribution in [-0.2, 0) is 9.59 Å². The molecule has 142 valence electrons. The topological polar surface area (TPSA) is 53.5 Å². The predicted molar refractivity (Wildman–Crippen MR) is 105 cm³/mol. The Labute approximate surface area is 162 Å². The number of hydrogen-bond donors (Lipinski definition) is 0. The Kier molecular flexibility index (Phi) is 6.01. The summed E-state index contributed by atoms with van der Waals surface area (Å²) in [5.74, 6) is -0.855. The number of benzene rings is 1. The molecule has 2 aromatic rings. The van der Waals surface area contributed by atoms with Gasteiger partial charge in [0, 0.05) is 31.0 Å². The molecule has 3 rings (SSSR count). The fourth-order valence-corrected chi connectivity index (χ4v) is 4.02. The third kappa shape index (κ3) is 4.42. The summed E-state index contributed by atoms with van der Waals surface area (Å²) in [6.07, 6.45) is 6.36. The Balaban J connectivity index is 1.78. The van der Waals surface area contributed by atoms with Crippen LogP contribution in [0.25, 0.3) is 6.08 Å². The molecule has 27 heavy (non-hydrogen) atoms. The molecule has 2 amide bonds. The van der Waals surface area contributed by atoms with Crippen molar-refractivity contribution in [1.82, 2.24) is 9.88 Å². The zero-order chi connectivity index (χ0) is 19.4. The van der Waals surface area contributed by atoms with Crippen LogP contribution >= 0.6 is 11.3 Å². The molecule has 1 aliphatic heterocycles. The predicted octanol–water partition coefficient (Wildman–Crippen LogP) is 4.38. The van der Waals surface area contributed by atoms with Crippen molar-refractivity contribution in [3.63, 3.8) is 0 Å². The molecular weight excluding hydrogens is 365 g/mol. The van der Waals surface area contributed by atoms with E-state index in [-0.39, 0.29) is 23.5 Å². The van der Waals surface area contributed by atoms with Gasteiger partial charge < -0.3 is 4.90 Å². The van der Waals surface area contributed by atoms with E-state index >= 15 is 0 Å². The maximum atomic E-state index is 14.1. The van der Waals surface area contributed by atoms with Gasteiger partial charge in [0.1, 0.15) is 5.82 Å². The van der Waals surface area contributed by atoms with E-state index in [1.54, 1.807) is 23.6 Å². The zero-order valence-electron chi connectivity index (χ0n) is 15.4. The molecular formula is C20H22FN3O2S. The van der Waals surface area contributed by atoms with E-state index in [0.717, 1.165) is 25.8 Å². The van der Waals surface area contributed by atoms with Crippen molar-refractivity contribution in [2.24, 2.45) is 0 Å². The van der Waals surface area contributed by atoms with Gasteiger partial charge in [-0.3, -0.25) is 14.5 Å². The number of amides is 2. The van der Waals surface area contributed by atoms with E-state index in [1.165, 1.54) is 41.4 Å². The Morgan fingerprint density at radius 3 is 2.81 bits per heavy atom. The summed E-state index contributed by atoms with van der Waals surface area (Å²) in [5.41, 5.74) is 0.726. The molecule has 7 heteroatoms. The van der Waals surface area contributed by atoms with Gasteiger partial charge in [-0.05, 0) is 44.4 Å². The number of aromatic nitrogens is 1. The lowest BCUT2D eigenvalue weighted by atomic mass is 10.0. The number of halogens is 1. The highest BCUT2D eigenvalue weighted by Gasteiger charge is 2.22. The van der Waals surface area contributed by atoms with Gasteiger partial charge in [0.2, 0.25) is 11.8 Å². The summed E-state index contributed by atoms with van der Waals surface area (Å²) in [4.78, 5) is 32.0. The quantitative estimate of drug-likeness (QED) is 0.732. The number of carbonyl (C=O) groups is 2. The van der Waals surface area contributed by atoms with Crippen molar-refractivity contribution in [2.75, 3.05) is 11.4 Å². The normalized spacial score (nSPS) is 17.3. The first-order chi connectivity index (χ1) is 13.0. The van der Waals surface area contributed by atoms with Crippen molar-refractivity contribution in [1.29, 1.82) is 0 Å². The van der Waals surface area contributed by atoms with Crippen molar-refractivity contribution in [3.05, 3.63) is 47.2 Å². The van der Waals surface area contributed by atoms with E-state index in [1.807, 2.05) is 4.90 Å². The lowest BCUT2D eigenvalue weighted by Gasteiger charge is -2.32. The number of thiazole rings is 1. The van der Waals surface area contributed by atoms with Crippen LogP contribution in [0.2, 0.25) is 0 Å². The molecule has 1 aromatic heterocycles. The first-order valence-corrected chi connectivity index (χ1v) is 9.85. The molecule has 0 aliphatic carbocycles. The SMILES string of the molecule is CC(=O)N(c1nc(/C=C/C(=O)N2CCCCC2C)cs1)c1ccccc1F. The molecule has 5 nitrogen and oxygen atoms in total. The highest BCUT2D eigenvalue weighted by Crippen LogP contribution is 2.31. The van der Waals surface area contributed by atoms with E-state index < -0.39 is 5.82 Å². The van der Waals surface area contributed by atoms with Gasteiger partial charge in [0.25, 0.3) is 0 Å². The number of para-hydroxylation sites is 1. The molecule has 1 saturated heterocycles. The number of rotatable bonds is 4. The fraction of sp³-hybridized carbons (Fsp3) is 0.350. The molecule has 0 spiro atoms. The van der Waals surface area contributed by atoms with Crippen molar-refractivity contribution >= 4 is 40.0 Å². The zero-order valence-corrected chi connectivity index (χ0v) is 16.2. The van der Waals surface area contributed by atoms with Crippen molar-refractivity contribution in [2.45, 2.75) is 39.2 Å². The monoisotopic (exact) mass is 387 g/mol. The first kappa shape index (κ1) is 19.2. The van der Waals surface area contributed by atoms with Crippen LogP contribution in [0.4, 0.5) is 15.2 Å². The van der Waals surface area contributed by atoms with Crippen LogP contribution in [0.1, 0.15) is 38.8 Å². The molecule has 1 atom stereocenters. The van der Waals surface area contributed by atoms with Gasteiger partial charge in [-0.15, -0.1) is 11.3 Å². The smallest absolute Gasteiger partial charge is 0.246 e. The van der Waals surface area contributed by atoms with Crippen LogP contribution in [0.5, 0.6) is 0 Å². The fourth-order valence-electron chi connectivity index (χ4n) is 3.17. The Hall–Kier alpha value is -2.54. The third-order valence-corrected chi connectivity index (χ3v) is 5.44. The lowest BCUT2D eigenvalue weighted by Crippen LogP contribution is -2.41. The van der Waals surface area contributed by atoms with Crippen molar-refractivity contribution in [3.8, 4) is 0 Å². The van der Waals surface area contributed by atoms with Crippen LogP contribution in [0.15, 0.2) is 35.7 Å². The molecule has 0 radical (unpaired) electrons. The number of likely N-dealkylation sites (tertiary alicyclic amines) is 1. The first-order valence-electron chi connectivity index (χ1n) is 8.97. The summed E-state index contributed by atoms with van der Waals surface area (Å²) in [6, 6.07) is 6.32. The average Bonchev–Trinajstić information content (AvgIpc) is 3.10. The average molecular weight is 387 g/mol. The van der Waals surface area contributed by atoms with Crippen LogP contribution in [0, 0.1) is 5.82 Å². The minimum Gasteiger partial charge on any atom is -0.336 e. The second-order valence-electron chi connectivity index (χ2n) is 6.57. The second kappa shape index (κ2) is 8.43. The maximum Gasteiger partial charge on any atom is 0.246 e. The Bertz CT molecular complexity index is 864. The van der Waals surface area contributed by atoms with Gasteiger partial charge in [-0.1, -0.05) is 12.1 Å². The molecule has 1 aromatic carbocycles. The van der Waals surface area contributed by atoms with E-state index in [9.17, 15) is 14.0 Å². The van der Waals surface area contributed by atoms with Gasteiger partial charge in [-0.2, -0.15) is 0 Å². The Morgan fingerprint density at radius 1 is 1.33 bits per heavy atom. The summed E-state index contributed by atoms with van der Waals surface area (Å²) in [5, 5.41) is 2.11. The van der Waals surface area contributed by atoms with E-state index in [2.05, 4.69) is 11.9 Å². The molecule has 0 bridgehead atoms. The highest BCUT2D eigenvalue weighted by atomic mass is 32.1. The molecule has 1 fully saturated rings. The van der Waals surface area contributed by atoms with Crippen LogP contribution in [0.3, 0.4) is 0 Å². The van der Waals surface area contributed by atoms with Gasteiger partial charge in [0.15, 0.2) is 5.13 Å². The number of anilines is 2. The molecule has 0 saturated carbocycles. The molecule has 0 N–H and O–H groups in total. The third-order valence-electron chi connectivity index (χ3n) is 4.59. The summed E-state index contributed by atoms with van der Waals surface area (Å²) in [7, 11) is 0.